The van der Waals surface area contributed by atoms with Crippen LogP contribution < -0.4 is 5.32 Å². The average Bonchev–Trinajstić information content (AvgIpc) is 2.96. The lowest BCUT2D eigenvalue weighted by Crippen LogP contribution is -2.31. The van der Waals surface area contributed by atoms with Gasteiger partial charge in [0.1, 0.15) is 0 Å². The summed E-state index contributed by atoms with van der Waals surface area (Å²) >= 11 is 1.52. The van der Waals surface area contributed by atoms with Crippen LogP contribution in [0.25, 0.3) is 0 Å². The van der Waals surface area contributed by atoms with Crippen LogP contribution in [0.15, 0.2) is 5.51 Å². The minimum atomic E-state index is -0.807. The summed E-state index contributed by atoms with van der Waals surface area (Å²) in [6.45, 7) is 2.40. The second-order valence-corrected chi connectivity index (χ2v) is 6.53. The number of carboxylic acids is 1. The number of aliphatic carboxylic acids is 1. The summed E-state index contributed by atoms with van der Waals surface area (Å²) in [5, 5.41) is 11.9. The zero-order valence-electron chi connectivity index (χ0n) is 11.6. The second kappa shape index (κ2) is 6.35. The molecule has 0 radical (unpaired) electrons. The number of hydrogen-bond donors (Lipinski definition) is 2. The molecular weight excluding hydrogens is 276 g/mol. The zero-order chi connectivity index (χ0) is 14.6. The smallest absolute Gasteiger partial charge is 0.303 e. The lowest BCUT2D eigenvalue weighted by atomic mass is 9.79. The number of carboxylic acid groups (broad SMARTS) is 1. The lowest BCUT2D eigenvalue weighted by Gasteiger charge is -2.26. The quantitative estimate of drug-likeness (QED) is 0.845. The van der Waals surface area contributed by atoms with E-state index in [1.165, 1.54) is 11.3 Å². The van der Waals surface area contributed by atoms with Gasteiger partial charge in [-0.25, -0.2) is 4.98 Å². The number of hydrogen-bond acceptors (Lipinski definition) is 4. The highest BCUT2D eigenvalue weighted by molar-refractivity contribution is 7.09. The maximum absolute atomic E-state index is 12.1. The van der Waals surface area contributed by atoms with Gasteiger partial charge in [0.25, 0.3) is 0 Å². The number of aromatic nitrogens is 1. The average molecular weight is 296 g/mol. The second-order valence-electron chi connectivity index (χ2n) is 5.59. The lowest BCUT2D eigenvalue weighted by molar-refractivity contribution is -0.140. The minimum absolute atomic E-state index is 0.0547. The van der Waals surface area contributed by atoms with Gasteiger partial charge in [-0.05, 0) is 25.2 Å². The van der Waals surface area contributed by atoms with Crippen LogP contribution in [-0.4, -0.2) is 22.0 Å². The van der Waals surface area contributed by atoms with Crippen LogP contribution in [0, 0.1) is 12.3 Å². The molecule has 2 N–H and O–H groups in total. The number of rotatable bonds is 6. The normalized spacial score (nSPS) is 17.1. The van der Waals surface area contributed by atoms with Crippen molar-refractivity contribution in [3.63, 3.8) is 0 Å². The Labute approximate surface area is 122 Å². The number of carbonyl (C=O) groups is 2. The first-order valence-corrected chi connectivity index (χ1v) is 7.76. The van der Waals surface area contributed by atoms with E-state index in [0.717, 1.165) is 36.3 Å². The van der Waals surface area contributed by atoms with E-state index < -0.39 is 5.97 Å². The molecule has 1 heterocycles. The summed E-state index contributed by atoms with van der Waals surface area (Å²) in [6.07, 6.45) is 4.14. The van der Waals surface area contributed by atoms with Gasteiger partial charge in [0.05, 0.1) is 24.2 Å². The molecule has 1 aliphatic rings. The first kappa shape index (κ1) is 15.0. The molecule has 1 aromatic rings. The summed E-state index contributed by atoms with van der Waals surface area (Å²) in [7, 11) is 0. The molecule has 1 aliphatic carbocycles. The Kier molecular flexibility index (Phi) is 4.75. The number of amides is 1. The molecule has 0 saturated heterocycles. The van der Waals surface area contributed by atoms with Gasteiger partial charge >= 0.3 is 5.97 Å². The number of nitrogens with zero attached hydrogens (tertiary/aromatic N) is 1. The molecule has 0 unspecified atom stereocenters. The van der Waals surface area contributed by atoms with Crippen molar-refractivity contribution < 1.29 is 14.7 Å². The highest BCUT2D eigenvalue weighted by atomic mass is 32.1. The van der Waals surface area contributed by atoms with Gasteiger partial charge in [-0.15, -0.1) is 11.3 Å². The van der Waals surface area contributed by atoms with Crippen LogP contribution in [0.5, 0.6) is 0 Å². The number of carbonyl (C=O) groups excluding carboxylic acids is 1. The summed E-state index contributed by atoms with van der Waals surface area (Å²) < 4.78 is 0. The maximum Gasteiger partial charge on any atom is 0.303 e. The predicted octanol–water partition coefficient (Wildman–Crippen LogP) is 2.49. The first-order valence-electron chi connectivity index (χ1n) is 6.88. The van der Waals surface area contributed by atoms with E-state index in [4.69, 9.17) is 5.11 Å². The van der Waals surface area contributed by atoms with E-state index in [2.05, 4.69) is 10.3 Å². The van der Waals surface area contributed by atoms with Crippen molar-refractivity contribution in [2.75, 3.05) is 0 Å². The Balaban J connectivity index is 1.89. The Morgan fingerprint density at radius 2 is 2.10 bits per heavy atom. The highest BCUT2D eigenvalue weighted by Crippen LogP contribution is 2.44. The van der Waals surface area contributed by atoms with Crippen LogP contribution in [0.1, 0.15) is 49.1 Å². The molecule has 1 saturated carbocycles. The van der Waals surface area contributed by atoms with E-state index in [9.17, 15) is 9.59 Å². The number of aryl methyl sites for hydroxylation is 1. The third kappa shape index (κ3) is 3.79. The topological polar surface area (TPSA) is 79.3 Å². The Bertz CT molecular complexity index is 492. The predicted molar refractivity (Wildman–Crippen MR) is 76.5 cm³/mol. The van der Waals surface area contributed by atoms with Gasteiger partial charge in [-0.2, -0.15) is 0 Å². The van der Waals surface area contributed by atoms with E-state index in [0.29, 0.717) is 13.0 Å². The molecule has 0 aliphatic heterocycles. The third-order valence-electron chi connectivity index (χ3n) is 4.02. The molecule has 5 nitrogen and oxygen atoms in total. The molecule has 6 heteroatoms. The van der Waals surface area contributed by atoms with E-state index in [-0.39, 0.29) is 17.7 Å². The molecular formula is C14H20N2O3S. The van der Waals surface area contributed by atoms with Crippen molar-refractivity contribution in [2.45, 2.75) is 52.0 Å². The van der Waals surface area contributed by atoms with Gasteiger partial charge in [-0.3, -0.25) is 9.59 Å². The Hall–Kier alpha value is -1.43. The monoisotopic (exact) mass is 296 g/mol. The summed E-state index contributed by atoms with van der Waals surface area (Å²) in [6, 6.07) is 0. The summed E-state index contributed by atoms with van der Waals surface area (Å²) in [5.74, 6) is -0.862. The van der Waals surface area contributed by atoms with Gasteiger partial charge in [0, 0.05) is 11.3 Å². The maximum atomic E-state index is 12.1. The largest absolute Gasteiger partial charge is 0.481 e. The molecule has 1 fully saturated rings. The minimum Gasteiger partial charge on any atom is -0.481 e. The van der Waals surface area contributed by atoms with Crippen LogP contribution in [-0.2, 0) is 16.1 Å². The van der Waals surface area contributed by atoms with Crippen LogP contribution in [0.4, 0.5) is 0 Å². The van der Waals surface area contributed by atoms with E-state index in [1.807, 2.05) is 6.92 Å². The van der Waals surface area contributed by atoms with Crippen molar-refractivity contribution in [1.82, 2.24) is 10.3 Å². The van der Waals surface area contributed by atoms with Crippen molar-refractivity contribution in [3.8, 4) is 0 Å². The van der Waals surface area contributed by atoms with Crippen LogP contribution in [0.3, 0.4) is 0 Å². The highest BCUT2D eigenvalue weighted by Gasteiger charge is 2.37. The van der Waals surface area contributed by atoms with E-state index >= 15 is 0 Å². The zero-order valence-corrected chi connectivity index (χ0v) is 12.5. The molecule has 0 aromatic carbocycles. The first-order chi connectivity index (χ1) is 9.51. The fourth-order valence-electron chi connectivity index (χ4n) is 2.94. The fraction of sp³-hybridized carbons (Fsp3) is 0.643. The third-order valence-corrected chi connectivity index (χ3v) is 4.95. The van der Waals surface area contributed by atoms with Gasteiger partial charge < -0.3 is 10.4 Å². The van der Waals surface area contributed by atoms with Gasteiger partial charge in [-0.1, -0.05) is 12.8 Å². The number of nitrogens with one attached hydrogen (secondary N) is 1. The van der Waals surface area contributed by atoms with Crippen LogP contribution in [0.2, 0.25) is 0 Å². The molecule has 0 atom stereocenters. The molecule has 2 rings (SSSR count). The molecule has 1 amide bonds. The van der Waals surface area contributed by atoms with Crippen molar-refractivity contribution >= 4 is 23.2 Å². The van der Waals surface area contributed by atoms with Crippen molar-refractivity contribution in [1.29, 1.82) is 0 Å². The standard InChI is InChI=1S/C14H20N2O3S/c1-10-11(20-9-16-10)8-15-12(17)6-14(7-13(18)19)4-2-3-5-14/h9H,2-8H2,1H3,(H,15,17)(H,18,19). The molecule has 20 heavy (non-hydrogen) atoms. The summed E-state index contributed by atoms with van der Waals surface area (Å²) in [5.41, 5.74) is 2.37. The summed E-state index contributed by atoms with van der Waals surface area (Å²) in [4.78, 5) is 28.3. The van der Waals surface area contributed by atoms with Gasteiger partial charge in [0.2, 0.25) is 5.91 Å². The van der Waals surface area contributed by atoms with Gasteiger partial charge in [0.15, 0.2) is 0 Å². The molecule has 0 bridgehead atoms. The van der Waals surface area contributed by atoms with Crippen molar-refractivity contribution in [3.05, 3.63) is 16.1 Å². The van der Waals surface area contributed by atoms with Crippen LogP contribution >= 0.6 is 11.3 Å². The Morgan fingerprint density at radius 3 is 2.65 bits per heavy atom. The van der Waals surface area contributed by atoms with Crippen molar-refractivity contribution in [2.24, 2.45) is 5.41 Å². The number of thiazole rings is 1. The molecule has 110 valence electrons. The van der Waals surface area contributed by atoms with E-state index in [1.54, 1.807) is 5.51 Å². The fourth-order valence-corrected chi connectivity index (χ4v) is 3.66. The molecule has 0 spiro atoms. The Morgan fingerprint density at radius 1 is 1.40 bits per heavy atom. The molecule has 1 aromatic heterocycles. The SMILES string of the molecule is Cc1ncsc1CNC(=O)CC1(CC(=O)O)CCCC1.